The molecule has 5 nitrogen and oxygen atoms in total. The molecule has 0 aromatic heterocycles. The summed E-state index contributed by atoms with van der Waals surface area (Å²) < 4.78 is 11.2. The number of nitrogens with one attached hydrogen (secondary N) is 2. The summed E-state index contributed by atoms with van der Waals surface area (Å²) in [5, 5.41) is 7.52. The summed E-state index contributed by atoms with van der Waals surface area (Å²) >= 11 is 5.02. The van der Waals surface area contributed by atoms with Crippen LogP contribution in [0, 0.1) is 0 Å². The molecular formula is C15H23N3O2S. The van der Waals surface area contributed by atoms with E-state index in [4.69, 9.17) is 21.7 Å². The molecule has 1 atom stereocenters. The van der Waals surface area contributed by atoms with Gasteiger partial charge in [0, 0.05) is 6.54 Å². The lowest BCUT2D eigenvalue weighted by Crippen LogP contribution is -2.31. The van der Waals surface area contributed by atoms with Crippen LogP contribution in [-0.4, -0.2) is 31.1 Å². The Labute approximate surface area is 131 Å². The van der Waals surface area contributed by atoms with Crippen molar-refractivity contribution in [3.8, 4) is 11.5 Å². The van der Waals surface area contributed by atoms with Gasteiger partial charge in [-0.1, -0.05) is 6.92 Å². The summed E-state index contributed by atoms with van der Waals surface area (Å²) in [5.74, 6) is 1.42. The van der Waals surface area contributed by atoms with Gasteiger partial charge in [0.05, 0.1) is 19.4 Å². The van der Waals surface area contributed by atoms with Gasteiger partial charge >= 0.3 is 0 Å². The van der Waals surface area contributed by atoms with Gasteiger partial charge in [0.25, 0.3) is 0 Å². The Bertz CT molecular complexity index is 492. The summed E-state index contributed by atoms with van der Waals surface area (Å²) in [5.41, 5.74) is 3.64. The predicted octanol–water partition coefficient (Wildman–Crippen LogP) is 2.69. The summed E-state index contributed by atoms with van der Waals surface area (Å²) in [6.45, 7) is 6.84. The Hall–Kier alpha value is -1.82. The average Bonchev–Trinajstić information content (AvgIpc) is 2.48. The van der Waals surface area contributed by atoms with Crippen LogP contribution < -0.4 is 20.2 Å². The molecule has 0 spiro atoms. The van der Waals surface area contributed by atoms with Crippen molar-refractivity contribution in [2.24, 2.45) is 5.10 Å². The van der Waals surface area contributed by atoms with Crippen LogP contribution in [0.3, 0.4) is 0 Å². The molecule has 21 heavy (non-hydrogen) atoms. The predicted molar refractivity (Wildman–Crippen MR) is 90.4 cm³/mol. The molecule has 0 aliphatic heterocycles. The van der Waals surface area contributed by atoms with Gasteiger partial charge in [-0.2, -0.15) is 5.10 Å². The van der Waals surface area contributed by atoms with Gasteiger partial charge < -0.3 is 14.8 Å². The second-order valence-electron chi connectivity index (χ2n) is 4.48. The first-order valence-electron chi connectivity index (χ1n) is 7.02. The van der Waals surface area contributed by atoms with Crippen molar-refractivity contribution in [2.75, 3.05) is 13.7 Å². The molecule has 116 valence electrons. The fourth-order valence-electron chi connectivity index (χ4n) is 1.53. The number of ether oxygens (including phenoxy) is 2. The van der Waals surface area contributed by atoms with E-state index in [-0.39, 0.29) is 6.10 Å². The first-order valence-corrected chi connectivity index (χ1v) is 7.43. The first kappa shape index (κ1) is 17.2. The molecule has 0 heterocycles. The van der Waals surface area contributed by atoms with Crippen LogP contribution in [0.4, 0.5) is 0 Å². The minimum absolute atomic E-state index is 0.151. The molecule has 0 radical (unpaired) electrons. The van der Waals surface area contributed by atoms with Crippen molar-refractivity contribution in [3.05, 3.63) is 23.8 Å². The molecule has 0 aliphatic carbocycles. The van der Waals surface area contributed by atoms with E-state index < -0.39 is 0 Å². The van der Waals surface area contributed by atoms with Crippen LogP contribution in [0.1, 0.15) is 32.8 Å². The van der Waals surface area contributed by atoms with Crippen LogP contribution in [0.5, 0.6) is 11.5 Å². The van der Waals surface area contributed by atoms with Crippen molar-refractivity contribution >= 4 is 23.5 Å². The minimum Gasteiger partial charge on any atom is -0.493 e. The summed E-state index contributed by atoms with van der Waals surface area (Å²) in [6, 6.07) is 5.68. The average molecular weight is 309 g/mol. The van der Waals surface area contributed by atoms with E-state index in [0.29, 0.717) is 10.9 Å². The van der Waals surface area contributed by atoms with Gasteiger partial charge in [-0.3, -0.25) is 5.43 Å². The van der Waals surface area contributed by atoms with E-state index in [1.807, 2.05) is 32.0 Å². The lowest BCUT2D eigenvalue weighted by molar-refractivity contribution is 0.207. The second-order valence-corrected chi connectivity index (χ2v) is 4.88. The smallest absolute Gasteiger partial charge is 0.186 e. The van der Waals surface area contributed by atoms with E-state index in [9.17, 15) is 0 Å². The van der Waals surface area contributed by atoms with Crippen LogP contribution in [0.15, 0.2) is 23.3 Å². The zero-order chi connectivity index (χ0) is 15.7. The lowest BCUT2D eigenvalue weighted by Gasteiger charge is -2.15. The van der Waals surface area contributed by atoms with Crippen molar-refractivity contribution in [1.82, 2.24) is 10.7 Å². The third kappa shape index (κ3) is 5.99. The molecule has 6 heteroatoms. The van der Waals surface area contributed by atoms with E-state index in [2.05, 4.69) is 22.8 Å². The fraction of sp³-hybridized carbons (Fsp3) is 0.467. The third-order valence-electron chi connectivity index (χ3n) is 2.81. The van der Waals surface area contributed by atoms with Crippen LogP contribution in [0.25, 0.3) is 0 Å². The summed E-state index contributed by atoms with van der Waals surface area (Å²) in [7, 11) is 1.62. The molecule has 2 N–H and O–H groups in total. The van der Waals surface area contributed by atoms with Crippen molar-refractivity contribution < 1.29 is 9.47 Å². The largest absolute Gasteiger partial charge is 0.493 e. The molecule has 0 fully saturated rings. The topological polar surface area (TPSA) is 54.9 Å². The normalized spacial score (nSPS) is 12.0. The molecule has 0 saturated heterocycles. The van der Waals surface area contributed by atoms with E-state index in [0.717, 1.165) is 24.3 Å². The van der Waals surface area contributed by atoms with Gasteiger partial charge in [0.1, 0.15) is 0 Å². The van der Waals surface area contributed by atoms with E-state index in [1.54, 1.807) is 13.3 Å². The summed E-state index contributed by atoms with van der Waals surface area (Å²) in [6.07, 6.45) is 2.77. The zero-order valence-corrected chi connectivity index (χ0v) is 13.8. The number of hydrogen-bond donors (Lipinski definition) is 2. The highest BCUT2D eigenvalue weighted by Gasteiger charge is 2.08. The Morgan fingerprint density at radius 1 is 1.38 bits per heavy atom. The molecule has 0 unspecified atom stereocenters. The standard InChI is InChI=1S/C15H23N3O2S/c1-5-11(3)20-13-8-7-12(9-14(13)19-4)10-17-18-15(21)16-6-2/h7-11H,5-6H2,1-4H3,(H2,16,18,21)/b17-10-/t11-/m1/s1. The number of thiocarbonyl (C=S) groups is 1. The van der Waals surface area contributed by atoms with Crippen LogP contribution >= 0.6 is 12.2 Å². The second kappa shape index (κ2) is 9.18. The molecule has 1 aromatic carbocycles. The molecule has 0 aliphatic rings. The minimum atomic E-state index is 0.151. The quantitative estimate of drug-likeness (QED) is 0.461. The molecule has 0 saturated carbocycles. The van der Waals surface area contributed by atoms with Gasteiger partial charge in [-0.15, -0.1) is 0 Å². The first-order chi connectivity index (χ1) is 10.1. The lowest BCUT2D eigenvalue weighted by atomic mass is 10.2. The van der Waals surface area contributed by atoms with Crippen molar-refractivity contribution in [1.29, 1.82) is 0 Å². The maximum atomic E-state index is 5.80. The van der Waals surface area contributed by atoms with E-state index >= 15 is 0 Å². The summed E-state index contributed by atoms with van der Waals surface area (Å²) in [4.78, 5) is 0. The third-order valence-corrected chi connectivity index (χ3v) is 3.04. The number of benzene rings is 1. The highest BCUT2D eigenvalue weighted by molar-refractivity contribution is 7.80. The molecule has 1 rings (SSSR count). The zero-order valence-electron chi connectivity index (χ0n) is 13.0. The molecule has 1 aromatic rings. The highest BCUT2D eigenvalue weighted by atomic mass is 32.1. The number of hydrazone groups is 1. The van der Waals surface area contributed by atoms with E-state index in [1.165, 1.54) is 0 Å². The van der Waals surface area contributed by atoms with Gasteiger partial charge in [-0.05, 0) is 56.2 Å². The Morgan fingerprint density at radius 3 is 2.76 bits per heavy atom. The SMILES string of the molecule is CCNC(=S)N/N=C\c1ccc(O[C@H](C)CC)c(OC)c1. The molecular weight excluding hydrogens is 286 g/mol. The Kier molecular flexibility index (Phi) is 7.53. The molecule has 0 bridgehead atoms. The van der Waals surface area contributed by atoms with Gasteiger partial charge in [-0.25, -0.2) is 0 Å². The van der Waals surface area contributed by atoms with Crippen molar-refractivity contribution in [3.63, 3.8) is 0 Å². The monoisotopic (exact) mass is 309 g/mol. The van der Waals surface area contributed by atoms with Gasteiger partial charge in [0.15, 0.2) is 16.6 Å². The molecule has 0 amide bonds. The maximum Gasteiger partial charge on any atom is 0.186 e. The fourth-order valence-corrected chi connectivity index (χ4v) is 1.72. The van der Waals surface area contributed by atoms with Crippen LogP contribution in [-0.2, 0) is 0 Å². The Balaban J connectivity index is 2.73. The highest BCUT2D eigenvalue weighted by Crippen LogP contribution is 2.28. The van der Waals surface area contributed by atoms with Gasteiger partial charge in [0.2, 0.25) is 0 Å². The number of rotatable bonds is 7. The van der Waals surface area contributed by atoms with Crippen molar-refractivity contribution in [2.45, 2.75) is 33.3 Å². The van der Waals surface area contributed by atoms with Crippen LogP contribution in [0.2, 0.25) is 0 Å². The number of nitrogens with zero attached hydrogens (tertiary/aromatic N) is 1. The number of methoxy groups -OCH3 is 1. The Morgan fingerprint density at radius 2 is 2.14 bits per heavy atom. The maximum absolute atomic E-state index is 5.80. The number of hydrogen-bond acceptors (Lipinski definition) is 4.